The van der Waals surface area contributed by atoms with Crippen molar-refractivity contribution in [2.24, 2.45) is 0 Å². The molecular weight excluding hydrogens is 296 g/mol. The van der Waals surface area contributed by atoms with E-state index in [1.165, 1.54) is 0 Å². The number of hydrogen-bond donors (Lipinski definition) is 1. The van der Waals surface area contributed by atoms with Gasteiger partial charge in [-0.3, -0.25) is 9.59 Å². The lowest BCUT2D eigenvalue weighted by molar-refractivity contribution is -0.131. The number of aldehydes is 2. The van der Waals surface area contributed by atoms with Gasteiger partial charge >= 0.3 is 0 Å². The van der Waals surface area contributed by atoms with E-state index in [0.717, 1.165) is 36.6 Å². The Hall–Kier alpha value is -2.24. The Morgan fingerprint density at radius 2 is 2.22 bits per heavy atom. The summed E-state index contributed by atoms with van der Waals surface area (Å²) in [5.41, 5.74) is 2.78. The van der Waals surface area contributed by atoms with Gasteiger partial charge in [-0.25, -0.2) is 0 Å². The number of carbonyl (C=O) groups excluding carboxylic acids is 4. The molecule has 1 aliphatic carbocycles. The molecule has 1 N–H and O–H groups in total. The number of amides is 2. The first kappa shape index (κ1) is 17.1. The Labute approximate surface area is 135 Å². The lowest BCUT2D eigenvalue weighted by atomic mass is 9.90. The molecule has 0 spiro atoms. The molecule has 1 unspecified atom stereocenters. The number of rotatable bonds is 8. The molecule has 0 bridgehead atoms. The fraction of sp³-hybridized carbons (Fsp3) is 0.529. The lowest BCUT2D eigenvalue weighted by Gasteiger charge is -2.22. The molecule has 1 saturated heterocycles. The van der Waals surface area contributed by atoms with Crippen LogP contribution in [0.4, 0.5) is 0 Å². The minimum absolute atomic E-state index is 0.141. The molecule has 0 aromatic rings. The van der Waals surface area contributed by atoms with Crippen molar-refractivity contribution < 1.29 is 19.2 Å². The number of carbonyl (C=O) groups is 4. The van der Waals surface area contributed by atoms with Crippen LogP contribution in [0.1, 0.15) is 38.5 Å². The number of fused-ring (bicyclic) bond motifs is 1. The van der Waals surface area contributed by atoms with E-state index in [0.29, 0.717) is 31.4 Å². The third-order valence-electron chi connectivity index (χ3n) is 4.43. The van der Waals surface area contributed by atoms with Gasteiger partial charge in [-0.2, -0.15) is 0 Å². The van der Waals surface area contributed by atoms with Gasteiger partial charge in [-0.15, -0.1) is 0 Å². The number of nitrogens with zero attached hydrogens (tertiary/aromatic N) is 1. The lowest BCUT2D eigenvalue weighted by Crippen LogP contribution is -2.38. The van der Waals surface area contributed by atoms with Crippen molar-refractivity contribution in [3.05, 3.63) is 22.8 Å². The normalized spacial score (nSPS) is 18.4. The molecule has 1 atom stereocenters. The van der Waals surface area contributed by atoms with Crippen LogP contribution in [0, 0.1) is 0 Å². The quantitative estimate of drug-likeness (QED) is 0.675. The van der Waals surface area contributed by atoms with E-state index in [1.807, 2.05) is 6.08 Å². The molecule has 6 heteroatoms. The summed E-state index contributed by atoms with van der Waals surface area (Å²) in [5.74, 6) is -0.289. The van der Waals surface area contributed by atoms with Gasteiger partial charge in [0.1, 0.15) is 12.6 Å². The second kappa shape index (κ2) is 7.85. The van der Waals surface area contributed by atoms with Gasteiger partial charge in [-0.1, -0.05) is 11.6 Å². The minimum Gasteiger partial charge on any atom is -0.359 e. The molecule has 1 fully saturated rings. The van der Waals surface area contributed by atoms with E-state index in [2.05, 4.69) is 5.32 Å². The summed E-state index contributed by atoms with van der Waals surface area (Å²) in [5, 5.41) is 2.51. The maximum absolute atomic E-state index is 12.6. The first-order chi connectivity index (χ1) is 11.1. The molecule has 124 valence electrons. The van der Waals surface area contributed by atoms with E-state index in [1.54, 1.807) is 11.9 Å². The van der Waals surface area contributed by atoms with Gasteiger partial charge in [0.2, 0.25) is 5.91 Å². The minimum atomic E-state index is -0.592. The Morgan fingerprint density at radius 1 is 1.43 bits per heavy atom. The third-order valence-corrected chi connectivity index (χ3v) is 4.43. The van der Waals surface area contributed by atoms with E-state index in [-0.39, 0.29) is 18.2 Å². The molecule has 1 aliphatic heterocycles. The Balaban J connectivity index is 2.15. The van der Waals surface area contributed by atoms with Crippen molar-refractivity contribution in [2.45, 2.75) is 44.6 Å². The maximum atomic E-state index is 12.6. The van der Waals surface area contributed by atoms with Gasteiger partial charge in [-0.05, 0) is 31.3 Å². The van der Waals surface area contributed by atoms with Gasteiger partial charge in [0.15, 0.2) is 0 Å². The number of allylic oxidation sites excluding steroid dienone is 2. The molecule has 6 nitrogen and oxygen atoms in total. The van der Waals surface area contributed by atoms with Crippen molar-refractivity contribution in [1.29, 1.82) is 0 Å². The highest BCUT2D eigenvalue weighted by molar-refractivity contribution is 6.03. The number of hydrogen-bond acceptors (Lipinski definition) is 4. The smallest absolute Gasteiger partial charge is 0.254 e. The average molecular weight is 318 g/mol. The first-order valence-electron chi connectivity index (χ1n) is 7.94. The second-order valence-electron chi connectivity index (χ2n) is 5.79. The summed E-state index contributed by atoms with van der Waals surface area (Å²) in [4.78, 5) is 47.5. The molecule has 23 heavy (non-hydrogen) atoms. The van der Waals surface area contributed by atoms with Crippen molar-refractivity contribution in [1.82, 2.24) is 10.2 Å². The van der Waals surface area contributed by atoms with E-state index < -0.39 is 6.04 Å². The zero-order valence-electron chi connectivity index (χ0n) is 13.3. The summed E-state index contributed by atoms with van der Waals surface area (Å²) in [7, 11) is 1.54. The Bertz CT molecular complexity index is 577. The Morgan fingerprint density at radius 3 is 2.87 bits per heavy atom. The van der Waals surface area contributed by atoms with Gasteiger partial charge < -0.3 is 19.8 Å². The van der Waals surface area contributed by atoms with E-state index in [9.17, 15) is 19.2 Å². The largest absolute Gasteiger partial charge is 0.359 e. The highest BCUT2D eigenvalue weighted by atomic mass is 16.2. The molecule has 2 rings (SSSR count). The molecule has 0 aromatic carbocycles. The van der Waals surface area contributed by atoms with Crippen LogP contribution in [-0.4, -0.2) is 48.9 Å². The summed E-state index contributed by atoms with van der Waals surface area (Å²) < 4.78 is 0. The van der Waals surface area contributed by atoms with Crippen molar-refractivity contribution in [3.63, 3.8) is 0 Å². The zero-order chi connectivity index (χ0) is 16.8. The van der Waals surface area contributed by atoms with Crippen molar-refractivity contribution >= 4 is 24.4 Å². The van der Waals surface area contributed by atoms with Crippen LogP contribution in [0.2, 0.25) is 0 Å². The maximum Gasteiger partial charge on any atom is 0.254 e. The van der Waals surface area contributed by atoms with E-state index in [4.69, 9.17) is 0 Å². The summed E-state index contributed by atoms with van der Waals surface area (Å²) in [6.45, 7) is 0.399. The van der Waals surface area contributed by atoms with E-state index >= 15 is 0 Å². The van der Waals surface area contributed by atoms with Gasteiger partial charge in [0.25, 0.3) is 5.91 Å². The van der Waals surface area contributed by atoms with Crippen molar-refractivity contribution in [3.8, 4) is 0 Å². The molecular formula is C17H22N2O4. The van der Waals surface area contributed by atoms with Crippen LogP contribution in [0.15, 0.2) is 22.8 Å². The molecule has 1 heterocycles. The van der Waals surface area contributed by atoms with Crippen LogP contribution < -0.4 is 5.32 Å². The molecule has 2 aliphatic rings. The summed E-state index contributed by atoms with van der Waals surface area (Å²) in [6.07, 6.45) is 6.84. The summed E-state index contributed by atoms with van der Waals surface area (Å²) >= 11 is 0. The van der Waals surface area contributed by atoms with Crippen LogP contribution in [0.3, 0.4) is 0 Å². The van der Waals surface area contributed by atoms with Gasteiger partial charge in [0, 0.05) is 32.0 Å². The predicted molar refractivity (Wildman–Crippen MR) is 84.5 cm³/mol. The van der Waals surface area contributed by atoms with Crippen LogP contribution in [0.5, 0.6) is 0 Å². The second-order valence-corrected chi connectivity index (χ2v) is 5.79. The highest BCUT2D eigenvalue weighted by Gasteiger charge is 2.37. The van der Waals surface area contributed by atoms with Crippen LogP contribution >= 0.6 is 0 Å². The van der Waals surface area contributed by atoms with Crippen LogP contribution in [-0.2, 0) is 19.2 Å². The molecule has 2 amide bonds. The highest BCUT2D eigenvalue weighted by Crippen LogP contribution is 2.35. The molecule has 0 saturated carbocycles. The number of nitrogens with one attached hydrogen (secondary N) is 1. The first-order valence-corrected chi connectivity index (χ1v) is 7.94. The molecule has 0 aromatic heterocycles. The summed E-state index contributed by atoms with van der Waals surface area (Å²) in [6, 6.07) is -0.592. The zero-order valence-corrected chi connectivity index (χ0v) is 13.3. The fourth-order valence-electron chi connectivity index (χ4n) is 3.14. The van der Waals surface area contributed by atoms with Gasteiger partial charge in [0.05, 0.1) is 6.04 Å². The standard InChI is InChI=1S/C17H22N2O4/c1-18-16(22)8-7-13(11-21)19-10-15-12(5-3-9-20)4-2-6-14(15)17(19)23/h6,9,11,13H,2-5,7-8,10H2,1H3,(H,18,22). The predicted octanol–water partition coefficient (Wildman–Crippen LogP) is 0.918. The topological polar surface area (TPSA) is 83.6 Å². The SMILES string of the molecule is CNC(=O)CCC(C=O)N1CC2=C(CCC=O)CCC=C2C1=O. The molecule has 0 radical (unpaired) electrons. The Kier molecular flexibility index (Phi) is 5.84. The van der Waals surface area contributed by atoms with Crippen molar-refractivity contribution in [2.75, 3.05) is 13.6 Å². The third kappa shape index (κ3) is 3.75. The number of likely N-dealkylation sites (tertiary alicyclic amines) is 1. The fourth-order valence-corrected chi connectivity index (χ4v) is 3.14. The monoisotopic (exact) mass is 318 g/mol. The van der Waals surface area contributed by atoms with Crippen LogP contribution in [0.25, 0.3) is 0 Å². The average Bonchev–Trinajstić information content (AvgIpc) is 2.91.